The zero-order chi connectivity index (χ0) is 14.0. The summed E-state index contributed by atoms with van der Waals surface area (Å²) >= 11 is 0. The summed E-state index contributed by atoms with van der Waals surface area (Å²) in [5.74, 6) is 0.266. The summed E-state index contributed by atoms with van der Waals surface area (Å²) < 4.78 is 5.45. The van der Waals surface area contributed by atoms with Crippen LogP contribution in [0.5, 0.6) is 5.75 Å². The number of hydrogen-bond donors (Lipinski definition) is 1. The third-order valence-electron chi connectivity index (χ3n) is 3.71. The van der Waals surface area contributed by atoms with Crippen LogP contribution in [-0.4, -0.2) is 11.1 Å². The fraction of sp³-hybridized carbons (Fsp3) is 0.438. The van der Waals surface area contributed by atoms with Crippen molar-refractivity contribution < 1.29 is 14.6 Å². The van der Waals surface area contributed by atoms with Crippen molar-refractivity contribution in [2.24, 2.45) is 11.8 Å². The summed E-state index contributed by atoms with van der Waals surface area (Å²) in [4.78, 5) is 11.9. The molecule has 0 saturated carbocycles. The van der Waals surface area contributed by atoms with Crippen LogP contribution in [0.15, 0.2) is 24.3 Å². The highest BCUT2D eigenvalue weighted by Gasteiger charge is 2.24. The third-order valence-corrected chi connectivity index (χ3v) is 3.71. The maximum absolute atomic E-state index is 11.9. The SMILES string of the molecule is CCC(C)C(=O)Oc1cccc2c1C=CC(C)C2O. The summed E-state index contributed by atoms with van der Waals surface area (Å²) in [6.07, 6.45) is 4.07. The molecule has 3 heteroatoms. The van der Waals surface area contributed by atoms with Gasteiger partial charge in [0.05, 0.1) is 12.0 Å². The molecule has 1 aromatic carbocycles. The summed E-state index contributed by atoms with van der Waals surface area (Å²) in [5, 5.41) is 10.2. The molecule has 0 aromatic heterocycles. The highest BCUT2D eigenvalue weighted by molar-refractivity contribution is 5.77. The minimum atomic E-state index is -0.540. The van der Waals surface area contributed by atoms with Gasteiger partial charge in [-0.25, -0.2) is 0 Å². The van der Waals surface area contributed by atoms with Crippen molar-refractivity contribution in [3.05, 3.63) is 35.4 Å². The van der Waals surface area contributed by atoms with Crippen molar-refractivity contribution in [1.82, 2.24) is 0 Å². The molecule has 3 unspecified atom stereocenters. The second kappa shape index (κ2) is 5.57. The van der Waals surface area contributed by atoms with Crippen LogP contribution in [0.3, 0.4) is 0 Å². The van der Waals surface area contributed by atoms with Gasteiger partial charge in [-0.3, -0.25) is 4.79 Å². The maximum atomic E-state index is 11.9. The van der Waals surface area contributed by atoms with E-state index < -0.39 is 6.10 Å². The monoisotopic (exact) mass is 260 g/mol. The van der Waals surface area contributed by atoms with Crippen molar-refractivity contribution in [3.8, 4) is 5.75 Å². The van der Waals surface area contributed by atoms with Gasteiger partial charge in [0.25, 0.3) is 0 Å². The number of ether oxygens (including phenoxy) is 1. The highest BCUT2D eigenvalue weighted by atomic mass is 16.5. The number of hydrogen-bond acceptors (Lipinski definition) is 3. The molecule has 1 aliphatic carbocycles. The Hall–Kier alpha value is -1.61. The Bertz CT molecular complexity index is 505. The number of aliphatic hydroxyl groups is 1. The normalized spacial score (nSPS) is 22.7. The van der Waals surface area contributed by atoms with Gasteiger partial charge < -0.3 is 9.84 Å². The molecule has 3 nitrogen and oxygen atoms in total. The highest BCUT2D eigenvalue weighted by Crippen LogP contribution is 2.36. The van der Waals surface area contributed by atoms with E-state index in [1.165, 1.54) is 0 Å². The van der Waals surface area contributed by atoms with Gasteiger partial charge in [0, 0.05) is 11.5 Å². The molecule has 3 atom stereocenters. The van der Waals surface area contributed by atoms with E-state index in [1.807, 2.05) is 45.1 Å². The predicted molar refractivity (Wildman–Crippen MR) is 74.7 cm³/mol. The molecule has 0 aliphatic heterocycles. The van der Waals surface area contributed by atoms with Crippen LogP contribution in [-0.2, 0) is 4.79 Å². The topological polar surface area (TPSA) is 46.5 Å². The fourth-order valence-corrected chi connectivity index (χ4v) is 2.10. The zero-order valence-electron chi connectivity index (χ0n) is 11.6. The molecule has 0 amide bonds. The van der Waals surface area contributed by atoms with Gasteiger partial charge in [0.2, 0.25) is 0 Å². The van der Waals surface area contributed by atoms with E-state index in [0.717, 1.165) is 17.5 Å². The lowest BCUT2D eigenvalue weighted by Gasteiger charge is -2.24. The van der Waals surface area contributed by atoms with Crippen LogP contribution in [0.2, 0.25) is 0 Å². The Kier molecular flexibility index (Phi) is 4.05. The number of fused-ring (bicyclic) bond motifs is 1. The molecule has 1 N–H and O–H groups in total. The van der Waals surface area contributed by atoms with E-state index in [9.17, 15) is 9.90 Å². The van der Waals surface area contributed by atoms with E-state index in [4.69, 9.17) is 4.74 Å². The van der Waals surface area contributed by atoms with Gasteiger partial charge >= 0.3 is 5.97 Å². The van der Waals surface area contributed by atoms with Crippen LogP contribution in [0.4, 0.5) is 0 Å². The Labute approximate surface area is 113 Å². The minimum absolute atomic E-state index is 0.0769. The smallest absolute Gasteiger partial charge is 0.314 e. The van der Waals surface area contributed by atoms with E-state index in [-0.39, 0.29) is 17.8 Å². The second-order valence-electron chi connectivity index (χ2n) is 5.15. The molecule has 0 radical (unpaired) electrons. The average molecular weight is 260 g/mol. The van der Waals surface area contributed by atoms with E-state index >= 15 is 0 Å². The number of rotatable bonds is 3. The van der Waals surface area contributed by atoms with E-state index in [1.54, 1.807) is 6.07 Å². The standard InChI is InChI=1S/C16H20O3/c1-4-10(2)16(18)19-14-7-5-6-13-12(14)9-8-11(3)15(13)17/h5-11,15,17H,4H2,1-3H3. The first-order valence-electron chi connectivity index (χ1n) is 6.75. The number of carbonyl (C=O) groups excluding carboxylic acids is 1. The van der Waals surface area contributed by atoms with Gasteiger partial charge in [-0.05, 0) is 18.1 Å². The summed E-state index contributed by atoms with van der Waals surface area (Å²) in [6, 6.07) is 5.46. The molecule has 0 spiro atoms. The number of aliphatic hydroxyl groups excluding tert-OH is 1. The molecule has 2 rings (SSSR count). The van der Waals surface area contributed by atoms with Gasteiger partial charge in [0.15, 0.2) is 0 Å². The average Bonchev–Trinajstić information content (AvgIpc) is 2.42. The Morgan fingerprint density at radius 2 is 2.21 bits per heavy atom. The van der Waals surface area contributed by atoms with Gasteiger partial charge in [-0.1, -0.05) is 45.1 Å². The molecule has 0 saturated heterocycles. The largest absolute Gasteiger partial charge is 0.426 e. The van der Waals surface area contributed by atoms with Crippen LogP contribution in [0.1, 0.15) is 44.4 Å². The lowest BCUT2D eigenvalue weighted by molar-refractivity contribution is -0.138. The van der Waals surface area contributed by atoms with Crippen LogP contribution in [0, 0.1) is 11.8 Å². The van der Waals surface area contributed by atoms with Crippen LogP contribution >= 0.6 is 0 Å². The lowest BCUT2D eigenvalue weighted by atomic mass is 9.87. The molecular weight excluding hydrogens is 240 g/mol. The summed E-state index contributed by atoms with van der Waals surface area (Å²) in [6.45, 7) is 5.77. The van der Waals surface area contributed by atoms with Gasteiger partial charge in [0.1, 0.15) is 5.75 Å². The van der Waals surface area contributed by atoms with Crippen LogP contribution < -0.4 is 4.74 Å². The Morgan fingerprint density at radius 3 is 2.89 bits per heavy atom. The van der Waals surface area contributed by atoms with Crippen molar-refractivity contribution in [2.45, 2.75) is 33.3 Å². The summed E-state index contributed by atoms with van der Waals surface area (Å²) in [7, 11) is 0. The first-order chi connectivity index (χ1) is 9.04. The lowest BCUT2D eigenvalue weighted by Crippen LogP contribution is -2.19. The number of benzene rings is 1. The van der Waals surface area contributed by atoms with Crippen molar-refractivity contribution in [3.63, 3.8) is 0 Å². The fourth-order valence-electron chi connectivity index (χ4n) is 2.10. The van der Waals surface area contributed by atoms with Gasteiger partial charge in [-0.2, -0.15) is 0 Å². The molecular formula is C16H20O3. The molecule has 19 heavy (non-hydrogen) atoms. The first kappa shape index (κ1) is 13.8. The van der Waals surface area contributed by atoms with E-state index in [0.29, 0.717) is 5.75 Å². The quantitative estimate of drug-likeness (QED) is 0.669. The Morgan fingerprint density at radius 1 is 1.47 bits per heavy atom. The summed E-state index contributed by atoms with van der Waals surface area (Å²) in [5.41, 5.74) is 1.63. The predicted octanol–water partition coefficient (Wildman–Crippen LogP) is 3.33. The first-order valence-corrected chi connectivity index (χ1v) is 6.75. The van der Waals surface area contributed by atoms with Crippen molar-refractivity contribution in [1.29, 1.82) is 0 Å². The molecule has 1 aromatic rings. The van der Waals surface area contributed by atoms with Crippen molar-refractivity contribution in [2.75, 3.05) is 0 Å². The minimum Gasteiger partial charge on any atom is -0.426 e. The molecule has 102 valence electrons. The Balaban J connectivity index is 2.31. The van der Waals surface area contributed by atoms with Crippen LogP contribution in [0.25, 0.3) is 6.08 Å². The van der Waals surface area contributed by atoms with Crippen molar-refractivity contribution >= 4 is 12.0 Å². The van der Waals surface area contributed by atoms with E-state index in [2.05, 4.69) is 0 Å². The molecule has 0 bridgehead atoms. The maximum Gasteiger partial charge on any atom is 0.314 e. The van der Waals surface area contributed by atoms with Gasteiger partial charge in [-0.15, -0.1) is 0 Å². The zero-order valence-corrected chi connectivity index (χ0v) is 11.6. The second-order valence-corrected chi connectivity index (χ2v) is 5.15. The number of esters is 1. The number of carbonyl (C=O) groups is 1. The third kappa shape index (κ3) is 2.71. The molecule has 0 heterocycles. The molecule has 1 aliphatic rings. The molecule has 0 fully saturated rings.